The molecule has 6 nitrogen and oxygen atoms in total. The second-order valence-corrected chi connectivity index (χ2v) is 6.43. The lowest BCUT2D eigenvalue weighted by molar-refractivity contribution is 0.101. The summed E-state index contributed by atoms with van der Waals surface area (Å²) in [6, 6.07) is 9.58. The maximum Gasteiger partial charge on any atom is 0.274 e. The Hall–Kier alpha value is -2.67. The Morgan fingerprint density at radius 2 is 2.21 bits per heavy atom. The normalized spacial score (nSPS) is 10.6. The zero-order chi connectivity index (χ0) is 17.1. The lowest BCUT2D eigenvalue weighted by Crippen LogP contribution is -2.15. The van der Waals surface area contributed by atoms with Crippen molar-refractivity contribution in [2.75, 3.05) is 12.4 Å². The van der Waals surface area contributed by atoms with Crippen LogP contribution < -0.4 is 10.1 Å². The molecule has 7 heteroatoms. The number of benzene rings is 1. The predicted molar refractivity (Wildman–Crippen MR) is 93.8 cm³/mol. The van der Waals surface area contributed by atoms with Gasteiger partial charge in [-0.15, -0.1) is 11.3 Å². The first kappa shape index (κ1) is 16.2. The highest BCUT2D eigenvalue weighted by Crippen LogP contribution is 2.27. The molecule has 0 saturated carbocycles. The van der Waals surface area contributed by atoms with Crippen molar-refractivity contribution in [1.82, 2.24) is 14.8 Å². The standard InChI is InChI=1S/C17H18N4O2S/c1-11-17(20-16(22)14-7-8-18-21(14)2)24-15(19-11)10-12-5-4-6-13(9-12)23-3/h4-9H,10H2,1-3H3,(H,20,22). The van der Waals surface area contributed by atoms with Crippen LogP contribution in [0.25, 0.3) is 0 Å². The quantitative estimate of drug-likeness (QED) is 0.774. The largest absolute Gasteiger partial charge is 0.497 e. The molecule has 3 rings (SSSR count). The molecule has 0 atom stereocenters. The third-order valence-electron chi connectivity index (χ3n) is 3.61. The fourth-order valence-corrected chi connectivity index (χ4v) is 3.36. The Morgan fingerprint density at radius 1 is 1.38 bits per heavy atom. The van der Waals surface area contributed by atoms with Gasteiger partial charge >= 0.3 is 0 Å². The van der Waals surface area contributed by atoms with E-state index in [4.69, 9.17) is 4.74 Å². The van der Waals surface area contributed by atoms with Crippen molar-refractivity contribution in [3.05, 3.63) is 58.5 Å². The second-order valence-electron chi connectivity index (χ2n) is 5.34. The average Bonchev–Trinajstić information content (AvgIpc) is 3.13. The Kier molecular flexibility index (Phi) is 4.61. The summed E-state index contributed by atoms with van der Waals surface area (Å²) in [5, 5.41) is 8.63. The number of aromatic nitrogens is 3. The fourth-order valence-electron chi connectivity index (χ4n) is 2.36. The van der Waals surface area contributed by atoms with Crippen molar-refractivity contribution in [3.63, 3.8) is 0 Å². The molecule has 0 saturated heterocycles. The monoisotopic (exact) mass is 342 g/mol. The van der Waals surface area contributed by atoms with Crippen LogP contribution >= 0.6 is 11.3 Å². The fraction of sp³-hybridized carbons (Fsp3) is 0.235. The van der Waals surface area contributed by atoms with E-state index in [1.54, 1.807) is 31.1 Å². The number of thiazole rings is 1. The van der Waals surface area contributed by atoms with Gasteiger partial charge in [-0.1, -0.05) is 12.1 Å². The smallest absolute Gasteiger partial charge is 0.274 e. The van der Waals surface area contributed by atoms with Gasteiger partial charge < -0.3 is 10.1 Å². The van der Waals surface area contributed by atoms with Gasteiger partial charge in [-0.3, -0.25) is 9.48 Å². The maximum absolute atomic E-state index is 12.3. The zero-order valence-corrected chi connectivity index (χ0v) is 14.6. The minimum Gasteiger partial charge on any atom is -0.497 e. The van der Waals surface area contributed by atoms with E-state index in [1.165, 1.54) is 11.3 Å². The number of ether oxygens (including phenoxy) is 1. The summed E-state index contributed by atoms with van der Waals surface area (Å²) in [5.41, 5.74) is 2.44. The molecule has 1 aromatic carbocycles. The van der Waals surface area contributed by atoms with Gasteiger partial charge in [-0.25, -0.2) is 4.98 Å². The van der Waals surface area contributed by atoms with Crippen LogP contribution in [0.1, 0.15) is 26.8 Å². The molecule has 2 aromatic heterocycles. The van der Waals surface area contributed by atoms with Crippen LogP contribution in [-0.4, -0.2) is 27.8 Å². The third kappa shape index (κ3) is 3.46. The topological polar surface area (TPSA) is 69.0 Å². The van der Waals surface area contributed by atoms with Gasteiger partial charge in [0.25, 0.3) is 5.91 Å². The minimum absolute atomic E-state index is 0.185. The Balaban J connectivity index is 1.75. The number of aryl methyl sites for hydroxylation is 2. The number of rotatable bonds is 5. The van der Waals surface area contributed by atoms with Gasteiger partial charge in [-0.2, -0.15) is 5.10 Å². The van der Waals surface area contributed by atoms with Crippen LogP contribution in [-0.2, 0) is 13.5 Å². The molecule has 0 aliphatic heterocycles. The van der Waals surface area contributed by atoms with Crippen LogP contribution in [0, 0.1) is 6.92 Å². The molecule has 0 spiro atoms. The van der Waals surface area contributed by atoms with Crippen LogP contribution in [0.3, 0.4) is 0 Å². The molecule has 24 heavy (non-hydrogen) atoms. The molecule has 124 valence electrons. The molecular formula is C17H18N4O2S. The van der Waals surface area contributed by atoms with E-state index in [0.717, 1.165) is 27.0 Å². The molecule has 0 unspecified atom stereocenters. The molecule has 1 amide bonds. The average molecular weight is 342 g/mol. The molecule has 1 N–H and O–H groups in total. The number of carbonyl (C=O) groups is 1. The van der Waals surface area contributed by atoms with Crippen molar-refractivity contribution in [1.29, 1.82) is 0 Å². The van der Waals surface area contributed by atoms with Gasteiger partial charge in [0.05, 0.1) is 17.8 Å². The van der Waals surface area contributed by atoms with Gasteiger partial charge in [-0.05, 0) is 30.7 Å². The number of methoxy groups -OCH3 is 1. The van der Waals surface area contributed by atoms with Crippen molar-refractivity contribution in [2.24, 2.45) is 7.05 Å². The Labute approximate surface area is 144 Å². The molecule has 0 bridgehead atoms. The SMILES string of the molecule is COc1cccc(Cc2nc(C)c(NC(=O)c3ccnn3C)s2)c1. The van der Waals surface area contributed by atoms with Crippen molar-refractivity contribution in [2.45, 2.75) is 13.3 Å². The first-order chi connectivity index (χ1) is 11.6. The molecular weight excluding hydrogens is 324 g/mol. The van der Waals surface area contributed by atoms with Crippen LogP contribution in [0.2, 0.25) is 0 Å². The summed E-state index contributed by atoms with van der Waals surface area (Å²) < 4.78 is 6.79. The summed E-state index contributed by atoms with van der Waals surface area (Å²) in [6.45, 7) is 1.89. The summed E-state index contributed by atoms with van der Waals surface area (Å²) in [6.07, 6.45) is 2.30. The van der Waals surface area contributed by atoms with E-state index < -0.39 is 0 Å². The molecule has 0 radical (unpaired) electrons. The van der Waals surface area contributed by atoms with E-state index in [0.29, 0.717) is 12.1 Å². The number of nitrogens with zero attached hydrogens (tertiary/aromatic N) is 3. The highest BCUT2D eigenvalue weighted by atomic mass is 32.1. The lowest BCUT2D eigenvalue weighted by atomic mass is 10.1. The predicted octanol–water partition coefficient (Wildman–Crippen LogP) is 3.04. The van der Waals surface area contributed by atoms with Crippen molar-refractivity contribution >= 4 is 22.2 Å². The van der Waals surface area contributed by atoms with Crippen LogP contribution in [0.4, 0.5) is 5.00 Å². The number of hydrogen-bond donors (Lipinski definition) is 1. The third-order valence-corrected chi connectivity index (χ3v) is 4.68. The van der Waals surface area contributed by atoms with E-state index in [1.807, 2.05) is 31.2 Å². The van der Waals surface area contributed by atoms with Gasteiger partial charge in [0.1, 0.15) is 16.4 Å². The van der Waals surface area contributed by atoms with Crippen molar-refractivity contribution in [3.8, 4) is 5.75 Å². The molecule has 2 heterocycles. The molecule has 0 aliphatic carbocycles. The highest BCUT2D eigenvalue weighted by molar-refractivity contribution is 7.16. The van der Waals surface area contributed by atoms with E-state index in [9.17, 15) is 4.79 Å². The summed E-state index contributed by atoms with van der Waals surface area (Å²) in [4.78, 5) is 16.8. The van der Waals surface area contributed by atoms with Crippen LogP contribution in [0.15, 0.2) is 36.5 Å². The number of hydrogen-bond acceptors (Lipinski definition) is 5. The zero-order valence-electron chi connectivity index (χ0n) is 13.7. The first-order valence-corrected chi connectivity index (χ1v) is 8.27. The van der Waals surface area contributed by atoms with Gasteiger partial charge in [0.2, 0.25) is 0 Å². The Morgan fingerprint density at radius 3 is 2.92 bits per heavy atom. The lowest BCUT2D eigenvalue weighted by Gasteiger charge is -2.03. The number of carbonyl (C=O) groups excluding carboxylic acids is 1. The van der Waals surface area contributed by atoms with Crippen molar-refractivity contribution < 1.29 is 9.53 Å². The maximum atomic E-state index is 12.3. The summed E-state index contributed by atoms with van der Waals surface area (Å²) >= 11 is 1.49. The number of anilines is 1. The van der Waals surface area contributed by atoms with Gasteiger partial charge in [0, 0.05) is 19.7 Å². The number of amides is 1. The number of nitrogens with one attached hydrogen (secondary N) is 1. The van der Waals surface area contributed by atoms with Gasteiger partial charge in [0.15, 0.2) is 0 Å². The van der Waals surface area contributed by atoms with Crippen LogP contribution in [0.5, 0.6) is 5.75 Å². The van der Waals surface area contributed by atoms with E-state index in [-0.39, 0.29) is 5.91 Å². The second kappa shape index (κ2) is 6.84. The van der Waals surface area contributed by atoms with E-state index >= 15 is 0 Å². The molecule has 0 fully saturated rings. The highest BCUT2D eigenvalue weighted by Gasteiger charge is 2.15. The summed E-state index contributed by atoms with van der Waals surface area (Å²) in [7, 11) is 3.39. The summed E-state index contributed by atoms with van der Waals surface area (Å²) in [5.74, 6) is 0.639. The molecule has 0 aliphatic rings. The minimum atomic E-state index is -0.185. The first-order valence-electron chi connectivity index (χ1n) is 7.45. The Bertz CT molecular complexity index is 869. The van der Waals surface area contributed by atoms with E-state index in [2.05, 4.69) is 15.4 Å². The molecule has 3 aromatic rings.